The van der Waals surface area contributed by atoms with Gasteiger partial charge in [0.15, 0.2) is 0 Å². The summed E-state index contributed by atoms with van der Waals surface area (Å²) in [6.45, 7) is 1.66. The van der Waals surface area contributed by atoms with Crippen LogP contribution in [0.1, 0.15) is 22.8 Å². The van der Waals surface area contributed by atoms with Gasteiger partial charge in [-0.2, -0.15) is 0 Å². The molecule has 0 fully saturated rings. The SMILES string of the molecule is Cc1ccc(C(O)Cc2ccc(F)cc2Cl)cc1F. The molecular weight excluding hydrogens is 270 g/mol. The summed E-state index contributed by atoms with van der Waals surface area (Å²) in [5, 5.41) is 10.3. The van der Waals surface area contributed by atoms with E-state index in [0.717, 1.165) is 0 Å². The van der Waals surface area contributed by atoms with Gasteiger partial charge in [0.25, 0.3) is 0 Å². The van der Waals surface area contributed by atoms with Crippen LogP contribution in [0.2, 0.25) is 5.02 Å². The highest BCUT2D eigenvalue weighted by Gasteiger charge is 2.12. The summed E-state index contributed by atoms with van der Waals surface area (Å²) in [6, 6.07) is 8.58. The molecule has 1 atom stereocenters. The monoisotopic (exact) mass is 282 g/mol. The molecule has 0 aliphatic heterocycles. The molecule has 0 saturated heterocycles. The molecule has 4 heteroatoms. The van der Waals surface area contributed by atoms with E-state index in [1.807, 2.05) is 0 Å². The normalized spacial score (nSPS) is 12.5. The first-order chi connectivity index (χ1) is 8.97. The second-order valence-corrected chi connectivity index (χ2v) is 4.87. The topological polar surface area (TPSA) is 20.2 Å². The van der Waals surface area contributed by atoms with Crippen molar-refractivity contribution in [2.75, 3.05) is 0 Å². The number of aryl methyl sites for hydroxylation is 1. The van der Waals surface area contributed by atoms with Crippen molar-refractivity contribution < 1.29 is 13.9 Å². The number of benzene rings is 2. The summed E-state index contributed by atoms with van der Waals surface area (Å²) >= 11 is 5.89. The Morgan fingerprint density at radius 3 is 2.53 bits per heavy atom. The van der Waals surface area contributed by atoms with Crippen molar-refractivity contribution in [2.24, 2.45) is 0 Å². The fraction of sp³-hybridized carbons (Fsp3) is 0.200. The van der Waals surface area contributed by atoms with E-state index in [4.69, 9.17) is 11.6 Å². The number of halogens is 3. The van der Waals surface area contributed by atoms with E-state index in [1.165, 1.54) is 24.3 Å². The molecule has 0 aliphatic carbocycles. The molecule has 0 aliphatic rings. The first-order valence-electron chi connectivity index (χ1n) is 5.85. The van der Waals surface area contributed by atoms with E-state index in [-0.39, 0.29) is 17.3 Å². The number of hydrogen-bond donors (Lipinski definition) is 1. The maximum atomic E-state index is 13.4. The van der Waals surface area contributed by atoms with Crippen LogP contribution in [0.25, 0.3) is 0 Å². The van der Waals surface area contributed by atoms with Gasteiger partial charge in [-0.1, -0.05) is 29.8 Å². The van der Waals surface area contributed by atoms with Crippen LogP contribution in [0, 0.1) is 18.6 Å². The maximum Gasteiger partial charge on any atom is 0.126 e. The third-order valence-electron chi connectivity index (χ3n) is 3.01. The Morgan fingerprint density at radius 2 is 1.89 bits per heavy atom. The molecule has 0 bridgehead atoms. The Hall–Kier alpha value is -1.45. The Kier molecular flexibility index (Phi) is 4.17. The lowest BCUT2D eigenvalue weighted by atomic mass is 10.00. The summed E-state index contributed by atoms with van der Waals surface area (Å²) in [4.78, 5) is 0. The molecule has 1 nitrogen and oxygen atoms in total. The van der Waals surface area contributed by atoms with Crippen LogP contribution in [-0.2, 0) is 6.42 Å². The van der Waals surface area contributed by atoms with Gasteiger partial charge in [-0.25, -0.2) is 8.78 Å². The van der Waals surface area contributed by atoms with Crippen molar-refractivity contribution in [3.05, 3.63) is 69.7 Å². The van der Waals surface area contributed by atoms with Crippen molar-refractivity contribution in [3.63, 3.8) is 0 Å². The zero-order valence-corrected chi connectivity index (χ0v) is 11.1. The van der Waals surface area contributed by atoms with Crippen LogP contribution in [0.15, 0.2) is 36.4 Å². The van der Waals surface area contributed by atoms with Crippen LogP contribution in [0.4, 0.5) is 8.78 Å². The molecule has 2 rings (SSSR count). The number of hydrogen-bond acceptors (Lipinski definition) is 1. The minimum Gasteiger partial charge on any atom is -0.388 e. The highest BCUT2D eigenvalue weighted by atomic mass is 35.5. The fourth-order valence-corrected chi connectivity index (χ4v) is 2.07. The second kappa shape index (κ2) is 5.68. The molecule has 0 spiro atoms. The Balaban J connectivity index is 2.20. The Labute approximate surface area is 115 Å². The van der Waals surface area contributed by atoms with Crippen LogP contribution in [-0.4, -0.2) is 5.11 Å². The van der Waals surface area contributed by atoms with Gasteiger partial charge >= 0.3 is 0 Å². The molecular formula is C15H13ClF2O. The zero-order chi connectivity index (χ0) is 14.0. The summed E-state index contributed by atoms with van der Waals surface area (Å²) in [5.41, 5.74) is 1.62. The van der Waals surface area contributed by atoms with Gasteiger partial charge in [-0.15, -0.1) is 0 Å². The number of aliphatic hydroxyl groups excluding tert-OH is 1. The second-order valence-electron chi connectivity index (χ2n) is 4.46. The van der Waals surface area contributed by atoms with Gasteiger partial charge in [0.05, 0.1) is 6.10 Å². The molecule has 0 amide bonds. The lowest BCUT2D eigenvalue weighted by Crippen LogP contribution is -2.03. The standard InChI is InChI=1S/C15H13ClF2O/c1-9-2-3-11(6-14(9)18)15(19)7-10-4-5-12(17)8-13(10)16/h2-6,8,15,19H,7H2,1H3. The van der Waals surface area contributed by atoms with Gasteiger partial charge in [0.1, 0.15) is 11.6 Å². The smallest absolute Gasteiger partial charge is 0.126 e. The van der Waals surface area contributed by atoms with Crippen LogP contribution >= 0.6 is 11.6 Å². The van der Waals surface area contributed by atoms with Crippen molar-refractivity contribution in [1.82, 2.24) is 0 Å². The third kappa shape index (κ3) is 3.31. The van der Waals surface area contributed by atoms with Crippen LogP contribution in [0.5, 0.6) is 0 Å². The quantitative estimate of drug-likeness (QED) is 0.894. The molecule has 0 aromatic heterocycles. The first kappa shape index (κ1) is 14.0. The molecule has 100 valence electrons. The van der Waals surface area contributed by atoms with Crippen molar-refractivity contribution in [2.45, 2.75) is 19.4 Å². The van der Waals surface area contributed by atoms with Gasteiger partial charge in [0.2, 0.25) is 0 Å². The number of aliphatic hydroxyl groups is 1. The van der Waals surface area contributed by atoms with Crippen molar-refractivity contribution in [1.29, 1.82) is 0 Å². The van der Waals surface area contributed by atoms with E-state index in [2.05, 4.69) is 0 Å². The van der Waals surface area contributed by atoms with Crippen LogP contribution in [0.3, 0.4) is 0 Å². The summed E-state index contributed by atoms with van der Waals surface area (Å²) < 4.78 is 26.3. The Bertz CT molecular complexity index is 599. The average molecular weight is 283 g/mol. The van der Waals surface area contributed by atoms with E-state index >= 15 is 0 Å². The molecule has 2 aromatic rings. The molecule has 1 unspecified atom stereocenters. The van der Waals surface area contributed by atoms with Crippen LogP contribution < -0.4 is 0 Å². The molecule has 1 N–H and O–H groups in total. The zero-order valence-electron chi connectivity index (χ0n) is 10.3. The molecule has 0 heterocycles. The minimum absolute atomic E-state index is 0.210. The first-order valence-corrected chi connectivity index (χ1v) is 6.23. The predicted octanol–water partition coefficient (Wildman–Crippen LogP) is 4.20. The third-order valence-corrected chi connectivity index (χ3v) is 3.36. The lowest BCUT2D eigenvalue weighted by molar-refractivity contribution is 0.178. The molecule has 19 heavy (non-hydrogen) atoms. The maximum absolute atomic E-state index is 13.4. The van der Waals surface area contributed by atoms with E-state index in [1.54, 1.807) is 19.1 Å². The largest absolute Gasteiger partial charge is 0.388 e. The highest BCUT2D eigenvalue weighted by molar-refractivity contribution is 6.31. The average Bonchev–Trinajstić information content (AvgIpc) is 2.36. The Morgan fingerprint density at radius 1 is 1.16 bits per heavy atom. The highest BCUT2D eigenvalue weighted by Crippen LogP contribution is 2.25. The van der Waals surface area contributed by atoms with Gasteiger partial charge in [0, 0.05) is 11.4 Å². The molecule has 0 saturated carbocycles. The lowest BCUT2D eigenvalue weighted by Gasteiger charge is -2.13. The fourth-order valence-electron chi connectivity index (χ4n) is 1.83. The number of rotatable bonds is 3. The summed E-state index contributed by atoms with van der Waals surface area (Å²) in [7, 11) is 0. The van der Waals surface area contributed by atoms with Crippen molar-refractivity contribution >= 4 is 11.6 Å². The van der Waals surface area contributed by atoms with Crippen molar-refractivity contribution in [3.8, 4) is 0 Å². The van der Waals surface area contributed by atoms with E-state index in [0.29, 0.717) is 16.7 Å². The molecule has 0 radical (unpaired) electrons. The molecule has 2 aromatic carbocycles. The summed E-state index contributed by atoms with van der Waals surface area (Å²) in [5.74, 6) is -0.786. The van der Waals surface area contributed by atoms with E-state index < -0.39 is 11.9 Å². The summed E-state index contributed by atoms with van der Waals surface area (Å²) in [6.07, 6.45) is -0.667. The van der Waals surface area contributed by atoms with E-state index in [9.17, 15) is 13.9 Å². The van der Waals surface area contributed by atoms with Gasteiger partial charge < -0.3 is 5.11 Å². The predicted molar refractivity (Wildman–Crippen MR) is 71.2 cm³/mol. The van der Waals surface area contributed by atoms with Gasteiger partial charge in [-0.05, 0) is 41.8 Å². The minimum atomic E-state index is -0.877. The van der Waals surface area contributed by atoms with Gasteiger partial charge in [-0.3, -0.25) is 0 Å².